The van der Waals surface area contributed by atoms with Crippen molar-refractivity contribution < 1.29 is 37.1 Å². The molecule has 0 aromatic heterocycles. The molecule has 1 aromatic carbocycles. The fourth-order valence-electron chi connectivity index (χ4n) is 6.15. The van der Waals surface area contributed by atoms with E-state index in [1.54, 1.807) is 13.8 Å². The van der Waals surface area contributed by atoms with E-state index >= 15 is 0 Å². The van der Waals surface area contributed by atoms with Crippen molar-refractivity contribution in [3.8, 4) is 0 Å². The Kier molecular flexibility index (Phi) is 9.88. The molecule has 2 aliphatic heterocycles. The molecule has 4 aliphatic rings. The van der Waals surface area contributed by atoms with Gasteiger partial charge in [-0.05, 0) is 62.0 Å². The van der Waals surface area contributed by atoms with Crippen molar-refractivity contribution in [3.63, 3.8) is 0 Å². The third-order valence-electron chi connectivity index (χ3n) is 9.12. The van der Waals surface area contributed by atoms with E-state index in [1.165, 1.54) is 16.5 Å². The second-order valence-electron chi connectivity index (χ2n) is 13.0. The zero-order valence-corrected chi connectivity index (χ0v) is 26.8. The van der Waals surface area contributed by atoms with Crippen LogP contribution in [0.5, 0.6) is 0 Å². The van der Waals surface area contributed by atoms with Crippen LogP contribution in [0.2, 0.25) is 0 Å². The van der Waals surface area contributed by atoms with Gasteiger partial charge in [0, 0.05) is 18.9 Å². The van der Waals surface area contributed by atoms with E-state index in [4.69, 9.17) is 9.47 Å². The summed E-state index contributed by atoms with van der Waals surface area (Å²) in [6.45, 7) is 7.94. The fourth-order valence-corrected chi connectivity index (χ4v) is 7.52. The zero-order chi connectivity index (χ0) is 32.4. The molecule has 5 rings (SSSR count). The highest BCUT2D eigenvalue weighted by Crippen LogP contribution is 2.45. The number of fused-ring (bicyclic) bond motifs is 4. The molecule has 2 heterocycles. The van der Waals surface area contributed by atoms with E-state index < -0.39 is 68.7 Å². The van der Waals surface area contributed by atoms with Gasteiger partial charge in [0.2, 0.25) is 21.8 Å². The summed E-state index contributed by atoms with van der Waals surface area (Å²) < 4.78 is 38.8. The highest BCUT2D eigenvalue weighted by Gasteiger charge is 2.62. The van der Waals surface area contributed by atoms with Crippen LogP contribution in [0.4, 0.5) is 4.79 Å². The van der Waals surface area contributed by atoms with Crippen molar-refractivity contribution >= 4 is 33.8 Å². The molecule has 0 spiro atoms. The van der Waals surface area contributed by atoms with Crippen molar-refractivity contribution in [1.29, 1.82) is 0 Å². The predicted molar refractivity (Wildman–Crippen MR) is 165 cm³/mol. The normalized spacial score (nSPS) is 29.5. The Morgan fingerprint density at radius 2 is 1.91 bits per heavy atom. The second kappa shape index (κ2) is 13.5. The standard InChI is InChI=1S/C32H44N4O8S/c1-4-23-17-32(23,30(39)35-45(41,42)25-12-13-25)34-28(37)26-16-24-18-36(26)29(38)27(20(2)3)33-31(40)43-14-7-5-6-9-21-10-8-11-22(15-21)19-44-24/h4,8,10-11,15,20,23-27H,1,5-7,9,12-14,16-19H2,2-3H3,(H,33,40)(H,34,37)(H,35,39)/t23-,24-,26+,27+,32-/m1/s1. The average Bonchev–Trinajstić information content (AvgIpc) is 3.92. The molecule has 1 saturated heterocycles. The van der Waals surface area contributed by atoms with Gasteiger partial charge in [0.15, 0.2) is 0 Å². The smallest absolute Gasteiger partial charge is 0.407 e. The number of nitrogens with one attached hydrogen (secondary N) is 3. The van der Waals surface area contributed by atoms with Gasteiger partial charge in [-0.1, -0.05) is 44.2 Å². The number of amides is 4. The van der Waals surface area contributed by atoms with Gasteiger partial charge in [0.05, 0.1) is 24.6 Å². The number of sulfonamides is 1. The third-order valence-corrected chi connectivity index (χ3v) is 10.9. The zero-order valence-electron chi connectivity index (χ0n) is 26.0. The Morgan fingerprint density at radius 1 is 1.16 bits per heavy atom. The largest absolute Gasteiger partial charge is 0.450 e. The Labute approximate surface area is 264 Å². The van der Waals surface area contributed by atoms with Gasteiger partial charge in [0.25, 0.3) is 5.91 Å². The number of hydrogen-bond acceptors (Lipinski definition) is 8. The van der Waals surface area contributed by atoms with Gasteiger partial charge in [-0.25, -0.2) is 13.2 Å². The lowest BCUT2D eigenvalue weighted by atomic mass is 10.0. The number of rotatable bonds is 7. The number of carbonyl (C=O) groups is 4. The molecule has 0 unspecified atom stereocenters. The number of benzene rings is 1. The van der Waals surface area contributed by atoms with Gasteiger partial charge in [-0.2, -0.15) is 0 Å². The van der Waals surface area contributed by atoms with Gasteiger partial charge in [-0.15, -0.1) is 6.58 Å². The number of alkyl carbamates (subject to hydrolysis) is 1. The van der Waals surface area contributed by atoms with Crippen LogP contribution in [0.25, 0.3) is 0 Å². The van der Waals surface area contributed by atoms with E-state index in [2.05, 4.69) is 34.1 Å². The van der Waals surface area contributed by atoms with E-state index in [0.29, 0.717) is 19.3 Å². The third kappa shape index (κ3) is 7.69. The molecule has 246 valence electrons. The van der Waals surface area contributed by atoms with Crippen LogP contribution in [0.1, 0.15) is 69.9 Å². The van der Waals surface area contributed by atoms with Crippen molar-refractivity contribution in [1.82, 2.24) is 20.3 Å². The molecule has 3 fully saturated rings. The molecule has 1 aromatic rings. The van der Waals surface area contributed by atoms with E-state index in [1.807, 2.05) is 12.1 Å². The minimum atomic E-state index is -3.84. The summed E-state index contributed by atoms with van der Waals surface area (Å²) >= 11 is 0. The summed E-state index contributed by atoms with van der Waals surface area (Å²) in [4.78, 5) is 55.3. The molecular weight excluding hydrogens is 600 g/mol. The van der Waals surface area contributed by atoms with Crippen LogP contribution < -0.4 is 15.4 Å². The Bertz CT molecular complexity index is 1430. The lowest BCUT2D eigenvalue weighted by molar-refractivity contribution is -0.141. The SMILES string of the molecule is C=C[C@@H]1C[C@]1(NC(=O)[C@@H]1C[C@@H]2CN1C(=O)[C@H](C(C)C)NC(=O)OCCCCCc1cccc(c1)CO2)C(=O)NS(=O)(=O)C1CC1. The number of cyclic esters (lactones) is 1. The van der Waals surface area contributed by atoms with Crippen LogP contribution in [0.3, 0.4) is 0 Å². The first-order valence-electron chi connectivity index (χ1n) is 15.9. The van der Waals surface area contributed by atoms with E-state index in [-0.39, 0.29) is 38.5 Å². The predicted octanol–water partition coefficient (Wildman–Crippen LogP) is 2.32. The quantitative estimate of drug-likeness (QED) is 0.382. The van der Waals surface area contributed by atoms with Crippen molar-refractivity contribution in [3.05, 3.63) is 48.0 Å². The molecule has 0 radical (unpaired) electrons. The van der Waals surface area contributed by atoms with Gasteiger partial charge < -0.3 is 25.0 Å². The van der Waals surface area contributed by atoms with Crippen molar-refractivity contribution in [2.24, 2.45) is 11.8 Å². The van der Waals surface area contributed by atoms with Gasteiger partial charge in [0.1, 0.15) is 17.6 Å². The van der Waals surface area contributed by atoms with Crippen LogP contribution in [-0.2, 0) is 46.9 Å². The minimum absolute atomic E-state index is 0.0939. The van der Waals surface area contributed by atoms with Gasteiger partial charge >= 0.3 is 6.09 Å². The molecule has 4 amide bonds. The average molecular weight is 645 g/mol. The first kappa shape index (κ1) is 32.9. The summed E-state index contributed by atoms with van der Waals surface area (Å²) in [5.41, 5.74) is 0.666. The molecule has 2 saturated carbocycles. The molecular formula is C32H44N4O8S. The summed E-state index contributed by atoms with van der Waals surface area (Å²) in [5, 5.41) is 4.86. The van der Waals surface area contributed by atoms with Gasteiger partial charge in [-0.3, -0.25) is 19.1 Å². The maximum Gasteiger partial charge on any atom is 0.407 e. The number of ether oxygens (including phenoxy) is 2. The van der Waals surface area contributed by atoms with Crippen molar-refractivity contribution in [2.75, 3.05) is 13.2 Å². The summed E-state index contributed by atoms with van der Waals surface area (Å²) in [6, 6.07) is 6.11. The minimum Gasteiger partial charge on any atom is -0.450 e. The Morgan fingerprint density at radius 3 is 2.60 bits per heavy atom. The van der Waals surface area contributed by atoms with E-state index in [0.717, 1.165) is 24.8 Å². The lowest BCUT2D eigenvalue weighted by Gasteiger charge is -2.31. The topological polar surface area (TPSA) is 160 Å². The van der Waals surface area contributed by atoms with Crippen LogP contribution >= 0.6 is 0 Å². The lowest BCUT2D eigenvalue weighted by Crippen LogP contribution is -2.59. The fraction of sp³-hybridized carbons (Fsp3) is 0.625. The van der Waals surface area contributed by atoms with Crippen LogP contribution in [0, 0.1) is 11.8 Å². The second-order valence-corrected chi connectivity index (χ2v) is 15.0. The highest BCUT2D eigenvalue weighted by molar-refractivity contribution is 7.91. The number of nitrogens with zero attached hydrogens (tertiary/aromatic N) is 1. The number of aryl methyl sites for hydroxylation is 1. The maximum absolute atomic E-state index is 14.0. The maximum atomic E-state index is 14.0. The molecule has 13 heteroatoms. The number of carbonyl (C=O) groups excluding carboxylic acids is 4. The Hall–Kier alpha value is -3.45. The van der Waals surface area contributed by atoms with Crippen molar-refractivity contribution in [2.45, 2.75) is 101 Å². The van der Waals surface area contributed by atoms with Crippen LogP contribution in [-0.4, -0.2) is 79.3 Å². The van der Waals surface area contributed by atoms with E-state index in [9.17, 15) is 27.6 Å². The summed E-state index contributed by atoms with van der Waals surface area (Å²) in [5.74, 6) is -2.67. The Balaban J connectivity index is 1.38. The first-order valence-corrected chi connectivity index (χ1v) is 17.4. The molecule has 3 N–H and O–H groups in total. The molecule has 5 atom stereocenters. The number of hydrogen-bond donors (Lipinski definition) is 3. The highest BCUT2D eigenvalue weighted by atomic mass is 32.2. The molecule has 4 bridgehead atoms. The summed E-state index contributed by atoms with van der Waals surface area (Å²) in [7, 11) is -3.84. The molecule has 2 aliphatic carbocycles. The monoisotopic (exact) mass is 644 g/mol. The first-order chi connectivity index (χ1) is 21.4. The van der Waals surface area contributed by atoms with Crippen LogP contribution in [0.15, 0.2) is 36.9 Å². The molecule has 45 heavy (non-hydrogen) atoms. The molecule has 12 nitrogen and oxygen atoms in total. The summed E-state index contributed by atoms with van der Waals surface area (Å²) in [6.07, 6.45) is 5.01.